The summed E-state index contributed by atoms with van der Waals surface area (Å²) in [6.07, 6.45) is 4.49. The van der Waals surface area contributed by atoms with Gasteiger partial charge in [-0.2, -0.15) is 0 Å². The third-order valence-electron chi connectivity index (χ3n) is 5.01. The van der Waals surface area contributed by atoms with Crippen molar-refractivity contribution in [2.24, 2.45) is 16.3 Å². The van der Waals surface area contributed by atoms with Gasteiger partial charge in [0.1, 0.15) is 5.78 Å². The zero-order valence-electron chi connectivity index (χ0n) is 13.4. The number of alkyl halides is 2. The van der Waals surface area contributed by atoms with Crippen molar-refractivity contribution in [2.45, 2.75) is 32.1 Å². The Morgan fingerprint density at radius 3 is 2.62 bits per heavy atom. The fourth-order valence-electron chi connectivity index (χ4n) is 3.31. The number of anilines is 1. The Morgan fingerprint density at radius 2 is 2.04 bits per heavy atom. The average Bonchev–Trinajstić information content (AvgIpc) is 2.58. The average molecular weight is 340 g/mol. The molecule has 1 saturated heterocycles. The minimum Gasteiger partial charge on any atom is -0.335 e. The van der Waals surface area contributed by atoms with E-state index in [0.29, 0.717) is 19.4 Å². The largest absolute Gasteiger partial charge is 0.335 e. The summed E-state index contributed by atoms with van der Waals surface area (Å²) in [7, 11) is 0. The number of halogens is 3. The van der Waals surface area contributed by atoms with Crippen LogP contribution in [-0.2, 0) is 4.79 Å². The second-order valence-corrected chi connectivity index (χ2v) is 6.58. The van der Waals surface area contributed by atoms with Crippen molar-refractivity contribution in [1.82, 2.24) is 9.97 Å². The summed E-state index contributed by atoms with van der Waals surface area (Å²) < 4.78 is 42.6. The summed E-state index contributed by atoms with van der Waals surface area (Å²) in [5.74, 6) is -4.57. The van der Waals surface area contributed by atoms with Crippen LogP contribution in [0.5, 0.6) is 0 Å². The van der Waals surface area contributed by atoms with Crippen molar-refractivity contribution in [2.75, 3.05) is 24.5 Å². The number of piperidine rings is 1. The Balaban J connectivity index is 1.78. The normalized spacial score (nSPS) is 29.5. The van der Waals surface area contributed by atoms with E-state index in [-0.39, 0.29) is 18.9 Å². The molecule has 5 nitrogen and oxygen atoms in total. The number of rotatable bonds is 3. The first-order valence-electron chi connectivity index (χ1n) is 7.96. The van der Waals surface area contributed by atoms with E-state index < -0.39 is 35.4 Å². The molecule has 0 bridgehead atoms. The Labute approximate surface area is 138 Å². The molecular formula is C16H19F3N4O. The first-order valence-corrected chi connectivity index (χ1v) is 7.96. The minimum absolute atomic E-state index is 0.00716. The van der Waals surface area contributed by atoms with Gasteiger partial charge < -0.3 is 4.90 Å². The summed E-state index contributed by atoms with van der Waals surface area (Å²) in [6.45, 7) is 1.43. The lowest BCUT2D eigenvalue weighted by atomic mass is 9.68. The summed E-state index contributed by atoms with van der Waals surface area (Å²) in [5, 5.41) is 0. The number of carbonyl (C=O) groups excluding carboxylic acids is 1. The molecule has 0 aromatic carbocycles. The van der Waals surface area contributed by atoms with Gasteiger partial charge in [0.2, 0.25) is 5.95 Å². The number of carbonyl (C=O) groups is 1. The summed E-state index contributed by atoms with van der Waals surface area (Å²) in [5.41, 5.74) is -1.71. The van der Waals surface area contributed by atoms with Crippen LogP contribution in [0.15, 0.2) is 17.4 Å². The van der Waals surface area contributed by atoms with Crippen molar-refractivity contribution in [3.8, 4) is 0 Å². The lowest BCUT2D eigenvalue weighted by molar-refractivity contribution is -0.163. The Bertz CT molecular complexity index is 649. The molecule has 0 aliphatic carbocycles. The summed E-state index contributed by atoms with van der Waals surface area (Å²) in [4.78, 5) is 25.6. The molecule has 8 heteroatoms. The highest BCUT2D eigenvalue weighted by Crippen LogP contribution is 2.47. The van der Waals surface area contributed by atoms with E-state index >= 15 is 0 Å². The molecule has 0 N–H and O–H groups in total. The molecule has 3 rings (SSSR count). The highest BCUT2D eigenvalue weighted by molar-refractivity contribution is 5.90. The van der Waals surface area contributed by atoms with E-state index in [0.717, 1.165) is 12.4 Å². The third kappa shape index (κ3) is 2.89. The highest BCUT2D eigenvalue weighted by Gasteiger charge is 2.59. The molecule has 2 atom stereocenters. The third-order valence-corrected chi connectivity index (χ3v) is 5.01. The van der Waals surface area contributed by atoms with Gasteiger partial charge in [-0.05, 0) is 32.4 Å². The molecule has 1 aromatic heterocycles. The molecule has 0 saturated carbocycles. The number of hydrogen-bond acceptors (Lipinski definition) is 5. The van der Waals surface area contributed by atoms with E-state index in [4.69, 9.17) is 0 Å². The van der Waals surface area contributed by atoms with Crippen LogP contribution in [-0.4, -0.2) is 47.5 Å². The smallest absolute Gasteiger partial charge is 0.277 e. The van der Waals surface area contributed by atoms with Gasteiger partial charge in [0, 0.05) is 19.0 Å². The molecule has 2 aliphatic rings. The second kappa shape index (κ2) is 6.14. The van der Waals surface area contributed by atoms with Crippen LogP contribution in [0.25, 0.3) is 0 Å². The van der Waals surface area contributed by atoms with E-state index in [9.17, 15) is 18.0 Å². The standard InChI is InChI=1S/C16H19F3N4O/c1-15(13(24)11-2-5-20-6-3-11)4-7-23(10-16(15,18)19)14-21-8-12(17)9-22-14/h5,8-9,11H,2-4,6-7,10H2,1H3. The molecule has 0 spiro atoms. The predicted molar refractivity (Wildman–Crippen MR) is 83.0 cm³/mol. The van der Waals surface area contributed by atoms with Gasteiger partial charge in [0.15, 0.2) is 5.82 Å². The maximum atomic E-state index is 14.8. The molecule has 2 aliphatic heterocycles. The van der Waals surface area contributed by atoms with Crippen LogP contribution < -0.4 is 4.90 Å². The van der Waals surface area contributed by atoms with Crippen LogP contribution in [0.4, 0.5) is 19.1 Å². The van der Waals surface area contributed by atoms with Crippen LogP contribution in [0.1, 0.15) is 26.2 Å². The molecule has 0 amide bonds. The van der Waals surface area contributed by atoms with Gasteiger partial charge in [0.25, 0.3) is 5.92 Å². The first-order chi connectivity index (χ1) is 11.3. The maximum Gasteiger partial charge on any atom is 0.277 e. The van der Waals surface area contributed by atoms with Crippen molar-refractivity contribution in [1.29, 1.82) is 0 Å². The second-order valence-electron chi connectivity index (χ2n) is 6.58. The molecule has 130 valence electrons. The molecule has 2 unspecified atom stereocenters. The van der Waals surface area contributed by atoms with Crippen molar-refractivity contribution >= 4 is 17.9 Å². The monoisotopic (exact) mass is 340 g/mol. The van der Waals surface area contributed by atoms with E-state index in [1.807, 2.05) is 0 Å². The fraction of sp³-hybridized carbons (Fsp3) is 0.625. The first kappa shape index (κ1) is 16.9. The Kier molecular flexibility index (Phi) is 4.31. The van der Waals surface area contributed by atoms with Gasteiger partial charge in [-0.3, -0.25) is 9.79 Å². The van der Waals surface area contributed by atoms with Crippen molar-refractivity contribution in [3.63, 3.8) is 0 Å². The molecule has 3 heterocycles. The van der Waals surface area contributed by atoms with Gasteiger partial charge in [-0.1, -0.05) is 0 Å². The highest BCUT2D eigenvalue weighted by atomic mass is 19.3. The maximum absolute atomic E-state index is 14.8. The topological polar surface area (TPSA) is 58.5 Å². The zero-order chi connectivity index (χ0) is 17.4. The van der Waals surface area contributed by atoms with E-state index in [1.54, 1.807) is 6.21 Å². The van der Waals surface area contributed by atoms with Crippen LogP contribution in [0.3, 0.4) is 0 Å². The van der Waals surface area contributed by atoms with Gasteiger partial charge in [0.05, 0.1) is 24.4 Å². The van der Waals surface area contributed by atoms with Crippen molar-refractivity contribution in [3.05, 3.63) is 18.2 Å². The van der Waals surface area contributed by atoms with Crippen LogP contribution in [0, 0.1) is 17.2 Å². The zero-order valence-corrected chi connectivity index (χ0v) is 13.4. The van der Waals surface area contributed by atoms with E-state index in [1.165, 1.54) is 11.8 Å². The predicted octanol–water partition coefficient (Wildman–Crippen LogP) is 2.52. The van der Waals surface area contributed by atoms with Crippen LogP contribution >= 0.6 is 0 Å². The van der Waals surface area contributed by atoms with Crippen LogP contribution in [0.2, 0.25) is 0 Å². The molecule has 1 aromatic rings. The van der Waals surface area contributed by atoms with E-state index in [2.05, 4.69) is 15.0 Å². The lowest BCUT2D eigenvalue weighted by Crippen LogP contribution is -2.59. The molecular weight excluding hydrogens is 321 g/mol. The summed E-state index contributed by atoms with van der Waals surface area (Å²) in [6, 6.07) is 0. The van der Waals surface area contributed by atoms with Gasteiger partial charge in [-0.15, -0.1) is 0 Å². The molecule has 24 heavy (non-hydrogen) atoms. The molecule has 0 radical (unpaired) electrons. The Morgan fingerprint density at radius 1 is 1.33 bits per heavy atom. The number of nitrogens with zero attached hydrogens (tertiary/aromatic N) is 4. The lowest BCUT2D eigenvalue weighted by Gasteiger charge is -2.45. The SMILES string of the molecule is CC1(C(=O)C2CC=NCC2)CCN(c2ncc(F)cn2)CC1(F)F. The number of Topliss-reactive ketones (excluding diaryl/α,β-unsaturated/α-hetero) is 1. The van der Waals surface area contributed by atoms with Gasteiger partial charge >= 0.3 is 0 Å². The Hall–Kier alpha value is -1.99. The number of aliphatic imine (C=N–C) groups is 1. The fourth-order valence-corrected chi connectivity index (χ4v) is 3.31. The summed E-state index contributed by atoms with van der Waals surface area (Å²) >= 11 is 0. The number of aromatic nitrogens is 2. The molecule has 1 fully saturated rings. The minimum atomic E-state index is -3.21. The van der Waals surface area contributed by atoms with Gasteiger partial charge in [-0.25, -0.2) is 23.1 Å². The number of ketones is 1. The number of hydrogen-bond donors (Lipinski definition) is 0. The van der Waals surface area contributed by atoms with Crippen molar-refractivity contribution < 1.29 is 18.0 Å². The quantitative estimate of drug-likeness (QED) is 0.848.